The molecule has 0 atom stereocenters. The van der Waals surface area contributed by atoms with Crippen molar-refractivity contribution in [1.29, 1.82) is 0 Å². The van der Waals surface area contributed by atoms with Gasteiger partial charge in [0.15, 0.2) is 0 Å². The number of ether oxygens (including phenoxy) is 1. The minimum absolute atomic E-state index is 0.174. The summed E-state index contributed by atoms with van der Waals surface area (Å²) in [5, 5.41) is 4.18. The third-order valence-electron chi connectivity index (χ3n) is 5.36. The Labute approximate surface area is 197 Å². The molecular weight excluding hydrogens is 424 g/mol. The molecule has 34 heavy (non-hydrogen) atoms. The maximum atomic E-state index is 6.19. The molecule has 0 aliphatic heterocycles. The van der Waals surface area contributed by atoms with Gasteiger partial charge in [-0.1, -0.05) is 42.5 Å². The smallest absolute Gasteiger partial charge is 0.222 e. The summed E-state index contributed by atoms with van der Waals surface area (Å²) >= 11 is 0. The summed E-state index contributed by atoms with van der Waals surface area (Å²) < 4.78 is 5.96. The van der Waals surface area contributed by atoms with Crippen LogP contribution in [0.3, 0.4) is 0 Å². The van der Waals surface area contributed by atoms with Crippen LogP contribution < -0.4 is 21.5 Å². The van der Waals surface area contributed by atoms with E-state index in [4.69, 9.17) is 16.2 Å². The van der Waals surface area contributed by atoms with Crippen LogP contribution in [0.1, 0.15) is 11.3 Å². The molecule has 0 aliphatic carbocycles. The number of nitrogens with one attached hydrogen (secondary N) is 1. The second kappa shape index (κ2) is 9.07. The van der Waals surface area contributed by atoms with Gasteiger partial charge in [-0.15, -0.1) is 0 Å². The lowest BCUT2D eigenvalue weighted by Gasteiger charge is -2.11. The molecule has 0 aliphatic rings. The summed E-state index contributed by atoms with van der Waals surface area (Å²) in [7, 11) is 0. The monoisotopic (exact) mass is 448 g/mol. The van der Waals surface area contributed by atoms with Gasteiger partial charge in [-0.05, 0) is 48.9 Å². The molecule has 7 heteroatoms. The van der Waals surface area contributed by atoms with Gasteiger partial charge < -0.3 is 21.5 Å². The largest absolute Gasteiger partial charge is 0.489 e. The lowest BCUT2D eigenvalue weighted by atomic mass is 10.1. The summed E-state index contributed by atoms with van der Waals surface area (Å²) in [4.78, 5) is 13.3. The van der Waals surface area contributed by atoms with Gasteiger partial charge in [-0.25, -0.2) is 4.98 Å². The Balaban J connectivity index is 1.39. The molecule has 2 aromatic heterocycles. The molecule has 5 aromatic rings. The van der Waals surface area contributed by atoms with Crippen molar-refractivity contribution in [1.82, 2.24) is 15.0 Å². The maximum Gasteiger partial charge on any atom is 0.222 e. The van der Waals surface area contributed by atoms with E-state index in [1.807, 2.05) is 91.9 Å². The molecule has 0 fully saturated rings. The fourth-order valence-electron chi connectivity index (χ4n) is 3.78. The first-order valence-corrected chi connectivity index (χ1v) is 10.9. The highest BCUT2D eigenvalue weighted by Crippen LogP contribution is 2.28. The fraction of sp³-hybridized carbons (Fsp3) is 0.0741. The number of aromatic nitrogens is 3. The number of benzene rings is 3. The molecule has 0 spiro atoms. The molecule has 0 saturated carbocycles. The third kappa shape index (κ3) is 4.73. The average Bonchev–Trinajstić information content (AvgIpc) is 2.84. The van der Waals surface area contributed by atoms with E-state index in [1.54, 1.807) is 0 Å². The number of fused-ring (bicyclic) bond motifs is 1. The van der Waals surface area contributed by atoms with Crippen molar-refractivity contribution in [3.63, 3.8) is 0 Å². The van der Waals surface area contributed by atoms with Crippen LogP contribution in [0, 0.1) is 6.92 Å². The van der Waals surface area contributed by atoms with E-state index < -0.39 is 0 Å². The molecule has 0 unspecified atom stereocenters. The van der Waals surface area contributed by atoms with E-state index in [2.05, 4.69) is 20.3 Å². The van der Waals surface area contributed by atoms with Crippen molar-refractivity contribution >= 4 is 34.0 Å². The van der Waals surface area contributed by atoms with Crippen LogP contribution in [-0.2, 0) is 6.61 Å². The van der Waals surface area contributed by atoms with Gasteiger partial charge in [0.2, 0.25) is 5.95 Å². The van der Waals surface area contributed by atoms with Crippen molar-refractivity contribution in [2.45, 2.75) is 13.5 Å². The maximum absolute atomic E-state index is 6.19. The second-order valence-corrected chi connectivity index (χ2v) is 8.01. The minimum Gasteiger partial charge on any atom is -0.489 e. The normalized spacial score (nSPS) is 10.9. The Morgan fingerprint density at radius 2 is 1.68 bits per heavy atom. The summed E-state index contributed by atoms with van der Waals surface area (Å²) in [5.41, 5.74) is 18.1. The van der Waals surface area contributed by atoms with E-state index >= 15 is 0 Å². The number of nitrogen functional groups attached to an aromatic ring is 2. The molecule has 168 valence electrons. The minimum atomic E-state index is 0.174. The lowest BCUT2D eigenvalue weighted by molar-refractivity contribution is 0.306. The first kappa shape index (κ1) is 21.2. The van der Waals surface area contributed by atoms with Gasteiger partial charge in [0.1, 0.15) is 18.2 Å². The molecular formula is C27H24N6O. The van der Waals surface area contributed by atoms with Crippen LogP contribution in [-0.4, -0.2) is 15.0 Å². The Bertz CT molecular complexity index is 1470. The number of nitrogens with two attached hydrogens (primary N) is 2. The van der Waals surface area contributed by atoms with E-state index in [0.29, 0.717) is 23.8 Å². The van der Waals surface area contributed by atoms with Gasteiger partial charge in [-0.2, -0.15) is 4.98 Å². The highest BCUT2D eigenvalue weighted by atomic mass is 16.5. The van der Waals surface area contributed by atoms with E-state index in [1.165, 1.54) is 0 Å². The van der Waals surface area contributed by atoms with Gasteiger partial charge >= 0.3 is 0 Å². The molecule has 0 amide bonds. The molecule has 3 aromatic carbocycles. The van der Waals surface area contributed by atoms with E-state index in [9.17, 15) is 0 Å². The van der Waals surface area contributed by atoms with Crippen molar-refractivity contribution in [2.24, 2.45) is 0 Å². The van der Waals surface area contributed by atoms with Gasteiger partial charge in [0.05, 0.1) is 11.2 Å². The highest BCUT2D eigenvalue weighted by Gasteiger charge is 2.09. The molecule has 2 heterocycles. The van der Waals surface area contributed by atoms with Crippen molar-refractivity contribution < 1.29 is 4.74 Å². The number of hydrogen-bond acceptors (Lipinski definition) is 7. The Kier molecular flexibility index (Phi) is 5.66. The van der Waals surface area contributed by atoms with E-state index in [-0.39, 0.29) is 5.95 Å². The average molecular weight is 449 g/mol. The summed E-state index contributed by atoms with van der Waals surface area (Å²) in [6.45, 7) is 2.41. The zero-order chi connectivity index (χ0) is 23.5. The van der Waals surface area contributed by atoms with Crippen LogP contribution in [0.2, 0.25) is 0 Å². The Morgan fingerprint density at radius 3 is 2.53 bits per heavy atom. The van der Waals surface area contributed by atoms with Crippen LogP contribution in [0.15, 0.2) is 84.9 Å². The van der Waals surface area contributed by atoms with Crippen LogP contribution in [0.25, 0.3) is 22.2 Å². The highest BCUT2D eigenvalue weighted by molar-refractivity contribution is 5.93. The van der Waals surface area contributed by atoms with Gasteiger partial charge in [0.25, 0.3) is 0 Å². The van der Waals surface area contributed by atoms with E-state index in [0.717, 1.165) is 39.2 Å². The first-order chi connectivity index (χ1) is 16.5. The number of hydrogen-bond donors (Lipinski definition) is 3. The zero-order valence-corrected chi connectivity index (χ0v) is 18.7. The molecule has 5 N–H and O–H groups in total. The lowest BCUT2D eigenvalue weighted by Crippen LogP contribution is -2.02. The van der Waals surface area contributed by atoms with Crippen molar-refractivity contribution in [3.8, 4) is 17.0 Å². The number of aryl methyl sites for hydroxylation is 1. The van der Waals surface area contributed by atoms with Gasteiger partial charge in [-0.3, -0.25) is 4.98 Å². The van der Waals surface area contributed by atoms with Gasteiger partial charge in [0, 0.05) is 34.1 Å². The molecule has 5 rings (SSSR count). The van der Waals surface area contributed by atoms with Crippen LogP contribution >= 0.6 is 0 Å². The summed E-state index contributed by atoms with van der Waals surface area (Å²) in [5.74, 6) is 1.50. The Hall–Kier alpha value is -4.65. The Morgan fingerprint density at radius 1 is 0.824 bits per heavy atom. The van der Waals surface area contributed by atoms with Crippen LogP contribution in [0.4, 0.5) is 23.1 Å². The molecule has 0 radical (unpaired) electrons. The fourth-order valence-corrected chi connectivity index (χ4v) is 3.78. The number of pyridine rings is 1. The second-order valence-electron chi connectivity index (χ2n) is 8.01. The zero-order valence-electron chi connectivity index (χ0n) is 18.7. The third-order valence-corrected chi connectivity index (χ3v) is 5.36. The molecule has 7 nitrogen and oxygen atoms in total. The summed E-state index contributed by atoms with van der Waals surface area (Å²) in [6, 6.07) is 27.3. The van der Waals surface area contributed by atoms with Crippen LogP contribution in [0.5, 0.6) is 5.75 Å². The predicted octanol–water partition coefficient (Wildman–Crippen LogP) is 5.49. The topological polar surface area (TPSA) is 112 Å². The SMILES string of the molecule is Cc1cc(N)c2cc(Nc3cc(-c4cccc(OCc5ccccc5)c4)nc(N)n3)ccc2n1. The molecule has 0 saturated heterocycles. The number of rotatable bonds is 6. The number of nitrogens with zero attached hydrogens (tertiary/aromatic N) is 3. The quantitative estimate of drug-likeness (QED) is 0.315. The summed E-state index contributed by atoms with van der Waals surface area (Å²) in [6.07, 6.45) is 0. The van der Waals surface area contributed by atoms with Crippen molar-refractivity contribution in [3.05, 3.63) is 96.2 Å². The van der Waals surface area contributed by atoms with Crippen molar-refractivity contribution in [2.75, 3.05) is 16.8 Å². The number of anilines is 4. The standard InChI is InChI=1S/C27H24N6O/c1-17-12-23(28)22-14-20(10-11-24(22)30-17)31-26-15-25(32-27(29)33-26)19-8-5-9-21(13-19)34-16-18-6-3-2-4-7-18/h2-15H,16H2,1H3,(H2,28,30)(H3,29,31,32,33). The first-order valence-electron chi connectivity index (χ1n) is 10.9. The molecule has 0 bridgehead atoms. The predicted molar refractivity (Wildman–Crippen MR) is 137 cm³/mol.